The number of nitrogens with zero attached hydrogens (tertiary/aromatic N) is 9. The highest BCUT2D eigenvalue weighted by Crippen LogP contribution is 2.28. The number of anilines is 1. The highest BCUT2D eigenvalue weighted by atomic mass is 16.5. The Balaban J connectivity index is 0.934. The number of aromatic nitrogens is 2. The average molecular weight is 1650 g/mol. The molecule has 3 saturated heterocycles. The summed E-state index contributed by atoms with van der Waals surface area (Å²) in [5, 5.41) is 35.9. The van der Waals surface area contributed by atoms with Gasteiger partial charge in [-0.25, -0.2) is 9.97 Å². The van der Waals surface area contributed by atoms with E-state index in [2.05, 4.69) is 57.8 Å². The third-order valence-electron chi connectivity index (χ3n) is 21.1. The van der Waals surface area contributed by atoms with Crippen molar-refractivity contribution in [2.45, 2.75) is 148 Å². The lowest BCUT2D eigenvalue weighted by Gasteiger charge is -2.37. The van der Waals surface area contributed by atoms with Gasteiger partial charge in [-0.2, -0.15) is 0 Å². The Labute approximate surface area is 687 Å². The van der Waals surface area contributed by atoms with Crippen LogP contribution in [0.2, 0.25) is 0 Å². The van der Waals surface area contributed by atoms with Gasteiger partial charge in [0.25, 0.3) is 23.6 Å². The molecule has 0 unspecified atom stereocenters. The van der Waals surface area contributed by atoms with Crippen LogP contribution in [0, 0.1) is 17.8 Å². The summed E-state index contributed by atoms with van der Waals surface area (Å²) in [6, 6.07) is 12.1. The first-order chi connectivity index (χ1) is 56.5. The van der Waals surface area contributed by atoms with Crippen LogP contribution in [0.15, 0.2) is 97.1 Å². The van der Waals surface area contributed by atoms with Gasteiger partial charge in [-0.05, 0) is 105 Å². The molecule has 17 amide bonds. The van der Waals surface area contributed by atoms with Crippen molar-refractivity contribution < 1.29 is 91.4 Å². The molecule has 0 saturated carbocycles. The van der Waals surface area contributed by atoms with E-state index in [1.165, 1.54) is 51.0 Å². The fourth-order valence-electron chi connectivity index (χ4n) is 14.4. The monoisotopic (exact) mass is 1640 g/mol. The van der Waals surface area contributed by atoms with Crippen LogP contribution in [0.25, 0.3) is 21.8 Å². The molecule has 636 valence electrons. The van der Waals surface area contributed by atoms with Crippen LogP contribution < -0.4 is 52.6 Å². The van der Waals surface area contributed by atoms with Crippen molar-refractivity contribution in [3.05, 3.63) is 114 Å². The van der Waals surface area contributed by atoms with Crippen LogP contribution in [0.5, 0.6) is 11.5 Å². The van der Waals surface area contributed by atoms with Gasteiger partial charge in [-0.3, -0.25) is 86.4 Å². The Morgan fingerprint density at radius 1 is 0.538 bits per heavy atom. The summed E-state index contributed by atoms with van der Waals surface area (Å²) < 4.78 is 6.34. The minimum absolute atomic E-state index is 0.0183. The van der Waals surface area contributed by atoms with Crippen molar-refractivity contribution in [3.8, 4) is 11.5 Å². The topological polar surface area (TPSA) is 476 Å². The highest BCUT2D eigenvalue weighted by molar-refractivity contribution is 6.13. The summed E-state index contributed by atoms with van der Waals surface area (Å²) in [4.78, 5) is 254. The molecular formula is C82H104N18O19. The van der Waals surface area contributed by atoms with Crippen LogP contribution in [0.4, 0.5) is 5.69 Å². The van der Waals surface area contributed by atoms with Gasteiger partial charge in [-0.15, -0.1) is 0 Å². The number of fused-ring (bicyclic) bond motifs is 4. The fraction of sp³-hybridized carbons (Fsp3) is 0.476. The summed E-state index contributed by atoms with van der Waals surface area (Å²) >= 11 is 0. The average Bonchev–Trinajstić information content (AvgIpc) is 0.804. The normalized spacial score (nSPS) is 21.0. The quantitative estimate of drug-likeness (QED) is 0.0516. The number of likely N-dealkylation sites (N-methyl/N-ethyl adjacent to an activating group) is 4. The predicted octanol–water partition coefficient (Wildman–Crippen LogP) is -0.0129. The summed E-state index contributed by atoms with van der Waals surface area (Å²) in [7, 11) is 5.24. The first-order valence-electron chi connectivity index (χ1n) is 39.5. The molecule has 10 N–H and O–H groups in total. The van der Waals surface area contributed by atoms with E-state index in [4.69, 9.17) is 4.74 Å². The van der Waals surface area contributed by atoms with Crippen molar-refractivity contribution in [1.29, 1.82) is 0 Å². The Kier molecular flexibility index (Phi) is 30.8. The number of benzene rings is 3. The maximum atomic E-state index is 15.4. The zero-order valence-corrected chi connectivity index (χ0v) is 68.4. The van der Waals surface area contributed by atoms with Crippen LogP contribution in [-0.4, -0.2) is 285 Å². The van der Waals surface area contributed by atoms with Crippen molar-refractivity contribution in [1.82, 2.24) is 86.8 Å². The SMILES string of the molecule is CC(C)[C@H](NC(=O)CCN1C(=O)C=CC1=O)C(=O)N[C@@H](C)C(=O)Nc1ccc(COc2cc3ccccc3nc2C(=O)N[C@@H]2CNC(=O)[C@H](C(C)C)N(C)C(=O)CN(C)C(=O)CNC(=O)[C@@H]3CCCCN3C(=O)[C@H](NC(=O)c3nc4ccccc4cc3O)CNC(=O)[C@H](C(C)C)N(C)C(=O)CN(C)C(=O)CNC(=O)[C@@H]3CCCCN3C2=O)cc1. The Bertz CT molecular complexity index is 4750. The second-order valence-electron chi connectivity index (χ2n) is 30.9. The van der Waals surface area contributed by atoms with Crippen molar-refractivity contribution in [2.75, 3.05) is 92.4 Å². The van der Waals surface area contributed by atoms with E-state index >= 15 is 9.59 Å². The third-order valence-corrected chi connectivity index (χ3v) is 21.1. The molecule has 2 aromatic heterocycles. The van der Waals surface area contributed by atoms with E-state index in [1.807, 2.05) is 0 Å². The van der Waals surface area contributed by atoms with Crippen LogP contribution in [0.3, 0.4) is 0 Å². The van der Waals surface area contributed by atoms with E-state index in [0.29, 0.717) is 58.7 Å². The first-order valence-corrected chi connectivity index (χ1v) is 39.5. The number of ether oxygens (including phenoxy) is 1. The molecule has 9 rings (SSSR count). The van der Waals surface area contributed by atoms with Gasteiger partial charge < -0.3 is 87.1 Å². The number of pyridine rings is 2. The van der Waals surface area contributed by atoms with Gasteiger partial charge in [0.1, 0.15) is 60.7 Å². The third kappa shape index (κ3) is 23.0. The van der Waals surface area contributed by atoms with Gasteiger partial charge in [0, 0.05) is 95.9 Å². The van der Waals surface area contributed by atoms with E-state index in [-0.39, 0.29) is 56.9 Å². The van der Waals surface area contributed by atoms with Gasteiger partial charge in [0.05, 0.1) is 37.2 Å². The Hall–Kier alpha value is -13.0. The number of aromatic hydroxyl groups is 1. The second kappa shape index (κ2) is 40.7. The number of hydrogen-bond donors (Lipinski definition) is 10. The number of amides is 17. The Morgan fingerprint density at radius 3 is 1.48 bits per heavy atom. The molecule has 8 atom stereocenters. The standard InChI is InChI=1S/C82H104N18O19/c1-45(2)68(93-61(102)32-35-100-62(103)30-31-63(100)104)76(112)87-48(7)73(109)88-52-28-26-49(27-29-52)44-119-60-37-51-21-13-15-23-54(51)90-70(60)78(114)92-56-39-84-80(116)72(47(5)6)97(11)67(108)43-95(9)64(105)40-85-74(110)57-24-16-18-33-98(57)81(117)55(91-77(113)69-59(101)36-50-20-12-14-22-53(50)89-69)38-83-79(115)71(46(3)4)96(10)66(107)42-94(8)65(106)41-86-75(111)58-25-17-19-34-99(58)82(56)118/h12-15,20-23,26-31,36-37,45-48,55-58,68,71-72,101H,16-19,24-25,32-35,38-44H2,1-11H3,(H,83,115)(H,84,116)(H,85,110)(H,86,111)(H,87,112)(H,88,109)(H,91,113)(H,92,114)(H,93,102)/t48-,55+,56+,57-,58-,68-,71-,72-/m0/s1. The zero-order valence-electron chi connectivity index (χ0n) is 68.4. The van der Waals surface area contributed by atoms with E-state index in [1.54, 1.807) is 120 Å². The lowest BCUT2D eigenvalue weighted by Crippen LogP contribution is -2.61. The van der Waals surface area contributed by atoms with Crippen LogP contribution >= 0.6 is 0 Å². The minimum atomic E-state index is -1.70. The molecule has 6 heterocycles. The lowest BCUT2D eigenvalue weighted by molar-refractivity contribution is -0.146. The van der Waals surface area contributed by atoms with Crippen LogP contribution in [0.1, 0.15) is 120 Å². The Morgan fingerprint density at radius 2 is 1.00 bits per heavy atom. The smallest absolute Gasteiger partial charge is 0.274 e. The lowest BCUT2D eigenvalue weighted by atomic mass is 9.99. The summed E-state index contributed by atoms with van der Waals surface area (Å²) in [6.07, 6.45) is 3.75. The molecule has 37 nitrogen and oxygen atoms in total. The molecule has 119 heavy (non-hydrogen) atoms. The largest absolute Gasteiger partial charge is 0.505 e. The molecule has 0 bridgehead atoms. The van der Waals surface area contributed by atoms with E-state index in [9.17, 15) is 77.0 Å². The van der Waals surface area contributed by atoms with Crippen molar-refractivity contribution >= 4 is 128 Å². The van der Waals surface area contributed by atoms with E-state index in [0.717, 1.165) is 36.7 Å². The minimum Gasteiger partial charge on any atom is -0.505 e. The zero-order chi connectivity index (χ0) is 86.8. The molecule has 5 aromatic rings. The molecule has 37 heteroatoms. The number of rotatable bonds is 18. The van der Waals surface area contributed by atoms with Gasteiger partial charge in [0.15, 0.2) is 17.1 Å². The number of carbonyl (C=O) groups is 17. The predicted molar refractivity (Wildman–Crippen MR) is 431 cm³/mol. The molecule has 3 aromatic carbocycles. The highest BCUT2D eigenvalue weighted by Gasteiger charge is 2.42. The number of carbonyl (C=O) groups excluding carboxylic acids is 17. The van der Waals surface area contributed by atoms with Crippen LogP contribution in [-0.2, 0) is 78.5 Å². The molecule has 0 radical (unpaired) electrons. The van der Waals surface area contributed by atoms with Gasteiger partial charge >= 0.3 is 0 Å². The summed E-state index contributed by atoms with van der Waals surface area (Å²) in [5.74, 6) is -15.1. The maximum absolute atomic E-state index is 15.4. The van der Waals surface area contributed by atoms with E-state index < -0.39 is 217 Å². The van der Waals surface area contributed by atoms with Gasteiger partial charge in [-0.1, -0.05) is 90.1 Å². The fourth-order valence-corrected chi connectivity index (χ4v) is 14.4. The molecule has 0 spiro atoms. The second-order valence-corrected chi connectivity index (χ2v) is 30.9. The molecule has 4 aliphatic heterocycles. The maximum Gasteiger partial charge on any atom is 0.274 e. The molecule has 0 aliphatic carbocycles. The van der Waals surface area contributed by atoms with Crippen molar-refractivity contribution in [2.24, 2.45) is 17.8 Å². The number of piperidine rings is 2. The molecular weight excluding hydrogens is 1540 g/mol. The number of para-hydroxylation sites is 2. The molecule has 3 fully saturated rings. The number of nitrogens with one attached hydrogen (secondary N) is 9. The number of imide groups is 1. The molecule has 4 aliphatic rings. The number of hydrogen-bond acceptors (Lipinski definition) is 21. The van der Waals surface area contributed by atoms with Crippen molar-refractivity contribution in [3.63, 3.8) is 0 Å². The summed E-state index contributed by atoms with van der Waals surface area (Å²) in [5.41, 5.74) is 0.727. The summed E-state index contributed by atoms with van der Waals surface area (Å²) in [6.45, 7) is 7.06. The first kappa shape index (κ1) is 89.9. The van der Waals surface area contributed by atoms with Gasteiger partial charge in [0.2, 0.25) is 76.8 Å².